The van der Waals surface area contributed by atoms with E-state index >= 15 is 0 Å². The van der Waals surface area contributed by atoms with Crippen LogP contribution in [0, 0.1) is 0 Å². The van der Waals surface area contributed by atoms with Gasteiger partial charge in [0, 0.05) is 55.9 Å². The minimum absolute atomic E-state index is 0.242. The lowest BCUT2D eigenvalue weighted by Gasteiger charge is -2.41. The molecule has 3 aliphatic heterocycles. The Hall–Kier alpha value is -2.46. The summed E-state index contributed by atoms with van der Waals surface area (Å²) >= 11 is 0. The lowest BCUT2D eigenvalue weighted by molar-refractivity contribution is 0.120. The Morgan fingerprint density at radius 3 is 1.06 bits per heavy atom. The van der Waals surface area contributed by atoms with Crippen molar-refractivity contribution in [3.05, 3.63) is 105 Å². The van der Waals surface area contributed by atoms with E-state index in [2.05, 4.69) is 194 Å². The lowest BCUT2D eigenvalue weighted by Crippen LogP contribution is -2.44. The third-order valence-corrected chi connectivity index (χ3v) is 12.1. The molecular weight excluding hydrogens is 799 g/mol. The van der Waals surface area contributed by atoms with Gasteiger partial charge >= 0.3 is 0 Å². The second-order valence-electron chi connectivity index (χ2n) is 22.6. The zero-order valence-electron chi connectivity index (χ0n) is 50.4. The summed E-state index contributed by atoms with van der Waals surface area (Å²) in [5, 5.41) is 0. The van der Waals surface area contributed by atoms with Crippen molar-refractivity contribution in [2.75, 3.05) is 19.6 Å². The largest absolute Gasteiger partial charge is 0.294 e. The molecule has 3 heterocycles. The summed E-state index contributed by atoms with van der Waals surface area (Å²) in [5.41, 5.74) is 15.4. The smallest absolute Gasteiger partial charge is 0.0244 e. The van der Waals surface area contributed by atoms with E-state index in [4.69, 9.17) is 0 Å². The minimum Gasteiger partial charge on any atom is -0.294 e. The molecule has 0 amide bonds. The van der Waals surface area contributed by atoms with Gasteiger partial charge in [-0.2, -0.15) is 0 Å². The van der Waals surface area contributed by atoms with Crippen molar-refractivity contribution in [3.63, 3.8) is 0 Å². The fourth-order valence-electron chi connectivity index (χ4n) is 8.34. The summed E-state index contributed by atoms with van der Waals surface area (Å²) < 4.78 is 0. The molecule has 0 spiro atoms. The monoisotopic (exact) mass is 916 g/mol. The molecule has 3 aromatic carbocycles. The highest BCUT2D eigenvalue weighted by molar-refractivity contribution is 5.42. The molecule has 0 unspecified atom stereocenters. The first-order chi connectivity index (χ1) is 30.6. The molecule has 3 aliphatic rings. The van der Waals surface area contributed by atoms with Crippen LogP contribution in [-0.2, 0) is 55.1 Å². The van der Waals surface area contributed by atoms with Crippen LogP contribution in [0.4, 0.5) is 0 Å². The quantitative estimate of drug-likeness (QED) is 0.222. The van der Waals surface area contributed by atoms with E-state index < -0.39 is 0 Å². The second-order valence-corrected chi connectivity index (χ2v) is 22.6. The number of hydrogen-bond acceptors (Lipinski definition) is 3. The Bertz CT molecular complexity index is 1690. The zero-order valence-corrected chi connectivity index (χ0v) is 50.4. The average Bonchev–Trinajstić information content (AvgIpc) is 3.28. The van der Waals surface area contributed by atoms with Crippen molar-refractivity contribution in [2.45, 2.75) is 279 Å². The predicted octanol–water partition coefficient (Wildman–Crippen LogP) is 18.6. The Morgan fingerprint density at radius 1 is 0.318 bits per heavy atom. The van der Waals surface area contributed by atoms with Crippen molar-refractivity contribution in [2.24, 2.45) is 0 Å². The molecular formula is C63H117N3. The summed E-state index contributed by atoms with van der Waals surface area (Å²) in [6.45, 7) is 72.5. The van der Waals surface area contributed by atoms with Gasteiger partial charge in [-0.05, 0) is 148 Å². The van der Waals surface area contributed by atoms with Crippen LogP contribution in [0.2, 0.25) is 0 Å². The molecule has 3 nitrogen and oxygen atoms in total. The predicted molar refractivity (Wildman–Crippen MR) is 305 cm³/mol. The average molecular weight is 917 g/mol. The lowest BCUT2D eigenvalue weighted by atomic mass is 9.79. The third kappa shape index (κ3) is 21.9. The fourth-order valence-corrected chi connectivity index (χ4v) is 8.34. The van der Waals surface area contributed by atoms with Crippen LogP contribution < -0.4 is 0 Å². The number of rotatable bonds is 0. The van der Waals surface area contributed by atoms with E-state index in [1.54, 1.807) is 22.3 Å². The van der Waals surface area contributed by atoms with Crippen molar-refractivity contribution < 1.29 is 0 Å². The van der Waals surface area contributed by atoms with Crippen molar-refractivity contribution in [1.82, 2.24) is 14.7 Å². The van der Waals surface area contributed by atoms with Gasteiger partial charge in [0.2, 0.25) is 0 Å². The van der Waals surface area contributed by atoms with Gasteiger partial charge in [-0.1, -0.05) is 200 Å². The zero-order chi connectivity index (χ0) is 52.7. The van der Waals surface area contributed by atoms with Gasteiger partial charge in [0.1, 0.15) is 0 Å². The first-order valence-corrected chi connectivity index (χ1v) is 27.2. The Kier molecular flexibility index (Phi) is 31.8. The van der Waals surface area contributed by atoms with Crippen LogP contribution in [0.3, 0.4) is 0 Å². The van der Waals surface area contributed by atoms with Gasteiger partial charge in [-0.3, -0.25) is 14.7 Å². The second kappa shape index (κ2) is 30.9. The molecule has 6 rings (SSSR count). The normalized spacial score (nSPS) is 15.0. The molecule has 3 aromatic rings. The van der Waals surface area contributed by atoms with E-state index in [1.807, 2.05) is 83.1 Å². The highest BCUT2D eigenvalue weighted by Gasteiger charge is 2.31. The van der Waals surface area contributed by atoms with E-state index in [0.717, 1.165) is 19.6 Å². The third-order valence-electron chi connectivity index (χ3n) is 12.1. The molecule has 3 heteroatoms. The maximum Gasteiger partial charge on any atom is 0.0244 e. The molecule has 0 fully saturated rings. The summed E-state index contributed by atoms with van der Waals surface area (Å²) in [7, 11) is 0. The minimum atomic E-state index is 0.242. The maximum absolute atomic E-state index is 2.60. The number of hydrogen-bond donors (Lipinski definition) is 0. The first-order valence-electron chi connectivity index (χ1n) is 27.2. The molecule has 384 valence electrons. The van der Waals surface area contributed by atoms with Crippen molar-refractivity contribution in [1.29, 1.82) is 0 Å². The molecule has 0 N–H and O–H groups in total. The highest BCUT2D eigenvalue weighted by Crippen LogP contribution is 2.35. The number of benzene rings is 3. The molecule has 0 saturated carbocycles. The molecule has 0 bridgehead atoms. The fraction of sp³-hybridized carbons (Fsp3) is 0.714. The Labute approximate surface area is 416 Å². The summed E-state index contributed by atoms with van der Waals surface area (Å²) in [6.07, 6.45) is 3.58. The SMILES string of the molecule is CC.CC.CC.CC.CC.CC.CC(C)(C)c1ccc2c(c1)CN(C(C)(C)C)CC2.CC(C)(C)c1cccc2c1CCN(C(C)(C)C)C2.CC(C)(C)c1cccc2c1CN(C(C)(C)C)CC2. The molecule has 0 aromatic heterocycles. The van der Waals surface area contributed by atoms with Crippen LogP contribution in [0.15, 0.2) is 54.6 Å². The van der Waals surface area contributed by atoms with Gasteiger partial charge in [0.25, 0.3) is 0 Å². The van der Waals surface area contributed by atoms with Crippen LogP contribution >= 0.6 is 0 Å². The van der Waals surface area contributed by atoms with Gasteiger partial charge < -0.3 is 0 Å². The van der Waals surface area contributed by atoms with Crippen molar-refractivity contribution >= 4 is 0 Å². The first kappa shape index (κ1) is 67.8. The molecule has 66 heavy (non-hydrogen) atoms. The molecule has 0 atom stereocenters. The Morgan fingerprint density at radius 2 is 0.667 bits per heavy atom. The van der Waals surface area contributed by atoms with E-state index in [9.17, 15) is 0 Å². The van der Waals surface area contributed by atoms with Gasteiger partial charge in [0.05, 0.1) is 0 Å². The van der Waals surface area contributed by atoms with Crippen molar-refractivity contribution in [3.8, 4) is 0 Å². The highest BCUT2D eigenvalue weighted by atomic mass is 15.2. The van der Waals surface area contributed by atoms with E-state index in [1.165, 1.54) is 66.7 Å². The summed E-state index contributed by atoms with van der Waals surface area (Å²) in [5.74, 6) is 0. The van der Waals surface area contributed by atoms with Crippen LogP contribution in [0.5, 0.6) is 0 Å². The van der Waals surface area contributed by atoms with E-state index in [-0.39, 0.29) is 32.9 Å². The van der Waals surface area contributed by atoms with Gasteiger partial charge in [-0.25, -0.2) is 0 Å². The maximum atomic E-state index is 2.60. The number of nitrogens with zero attached hydrogens (tertiary/aromatic N) is 3. The van der Waals surface area contributed by atoms with Crippen LogP contribution in [0.1, 0.15) is 258 Å². The van der Waals surface area contributed by atoms with Gasteiger partial charge in [0.15, 0.2) is 0 Å². The standard InChI is InChI=1S/3C17H27N.6C2H6/c1-16(2,3)15-8-7-13-9-10-18(17(4,5)6)12-14(13)11-15;1-16(2,3)15-9-7-8-13-12-18(17(4,5)6)11-10-14(13)15;1-16(2,3)15-9-7-8-13-10-11-18(12-14(13)15)17(4,5)6;6*1-2/h7-8,11H,9-10,12H2,1-6H3;2*7-9H,10-12H2,1-6H3;6*1-2H3. The van der Waals surface area contributed by atoms with E-state index in [0.29, 0.717) is 0 Å². The summed E-state index contributed by atoms with van der Waals surface area (Å²) in [6, 6.07) is 20.8. The van der Waals surface area contributed by atoms with Crippen LogP contribution in [-0.4, -0.2) is 51.0 Å². The molecule has 0 radical (unpaired) electrons. The molecule has 0 aliphatic carbocycles. The topological polar surface area (TPSA) is 9.72 Å². The van der Waals surface area contributed by atoms with Gasteiger partial charge in [-0.15, -0.1) is 0 Å². The Balaban J connectivity index is -0.000000807. The summed E-state index contributed by atoms with van der Waals surface area (Å²) in [4.78, 5) is 7.77. The number of fused-ring (bicyclic) bond motifs is 3. The van der Waals surface area contributed by atoms with Crippen LogP contribution in [0.25, 0.3) is 0 Å². The molecule has 0 saturated heterocycles.